The van der Waals surface area contributed by atoms with Gasteiger partial charge in [-0.3, -0.25) is 14.0 Å². The van der Waals surface area contributed by atoms with E-state index in [4.69, 9.17) is 16.7 Å². The summed E-state index contributed by atoms with van der Waals surface area (Å²) >= 11 is 5.88. The monoisotopic (exact) mass is 288 g/mol. The quantitative estimate of drug-likeness (QED) is 0.733. The van der Waals surface area contributed by atoms with Crippen molar-refractivity contribution in [3.63, 3.8) is 0 Å². The fourth-order valence-corrected chi connectivity index (χ4v) is 2.27. The number of carboxylic acid groups (broad SMARTS) is 1. The van der Waals surface area contributed by atoms with E-state index in [1.165, 1.54) is 10.6 Å². The predicted molar refractivity (Wildman–Crippen MR) is 75.3 cm³/mol. The van der Waals surface area contributed by atoms with E-state index in [1.807, 2.05) is 0 Å². The lowest BCUT2D eigenvalue weighted by Crippen LogP contribution is -2.15. The lowest BCUT2D eigenvalue weighted by Gasteiger charge is -2.05. The minimum absolute atomic E-state index is 0.106. The predicted octanol–water partition coefficient (Wildman–Crippen LogP) is 2.13. The lowest BCUT2D eigenvalue weighted by molar-refractivity contribution is -0.136. The summed E-state index contributed by atoms with van der Waals surface area (Å²) in [6.45, 7) is 0. The van der Waals surface area contributed by atoms with E-state index < -0.39 is 5.97 Å². The number of pyridine rings is 1. The van der Waals surface area contributed by atoms with E-state index in [0.717, 1.165) is 0 Å². The van der Waals surface area contributed by atoms with Gasteiger partial charge in [0.15, 0.2) is 0 Å². The number of benzene rings is 1. The van der Waals surface area contributed by atoms with E-state index >= 15 is 0 Å². The zero-order valence-corrected chi connectivity index (χ0v) is 11.0. The molecular weight excluding hydrogens is 280 g/mol. The Morgan fingerprint density at radius 3 is 2.85 bits per heavy atom. The van der Waals surface area contributed by atoms with Crippen molar-refractivity contribution in [1.82, 2.24) is 9.38 Å². The van der Waals surface area contributed by atoms with Gasteiger partial charge in [0.25, 0.3) is 5.56 Å². The summed E-state index contributed by atoms with van der Waals surface area (Å²) in [6.07, 6.45) is 1.42. The second kappa shape index (κ2) is 4.61. The van der Waals surface area contributed by atoms with Crippen LogP contribution in [0.2, 0.25) is 5.02 Å². The highest BCUT2D eigenvalue weighted by molar-refractivity contribution is 6.31. The largest absolute Gasteiger partial charge is 0.481 e. The van der Waals surface area contributed by atoms with Crippen LogP contribution in [0, 0.1) is 0 Å². The van der Waals surface area contributed by atoms with Crippen LogP contribution < -0.4 is 5.56 Å². The van der Waals surface area contributed by atoms with Crippen molar-refractivity contribution < 1.29 is 9.90 Å². The Bertz CT molecular complexity index is 902. The number of nitrogens with zero attached hydrogens (tertiary/aromatic N) is 2. The van der Waals surface area contributed by atoms with Crippen LogP contribution in [-0.4, -0.2) is 20.5 Å². The Kier molecular flexibility index (Phi) is 2.91. The number of hydrogen-bond donors (Lipinski definition) is 1. The topological polar surface area (TPSA) is 71.7 Å². The van der Waals surface area contributed by atoms with Crippen molar-refractivity contribution in [1.29, 1.82) is 0 Å². The highest BCUT2D eigenvalue weighted by Crippen LogP contribution is 2.16. The molecular formula is C14H9ClN2O3. The molecule has 1 N–H and O–H groups in total. The molecule has 0 amide bonds. The Labute approximate surface area is 118 Å². The molecule has 3 rings (SSSR count). The lowest BCUT2D eigenvalue weighted by atomic mass is 10.2. The molecule has 0 spiro atoms. The van der Waals surface area contributed by atoms with Crippen LogP contribution in [-0.2, 0) is 11.2 Å². The third-order valence-electron chi connectivity index (χ3n) is 3.00. The van der Waals surface area contributed by atoms with Crippen LogP contribution in [0.1, 0.15) is 5.56 Å². The van der Waals surface area contributed by atoms with E-state index in [1.54, 1.807) is 30.3 Å². The van der Waals surface area contributed by atoms with E-state index in [9.17, 15) is 9.59 Å². The Morgan fingerprint density at radius 2 is 2.10 bits per heavy atom. The molecule has 0 aliphatic carbocycles. The molecule has 20 heavy (non-hydrogen) atoms. The third-order valence-corrected chi connectivity index (χ3v) is 3.23. The molecule has 6 heteroatoms. The second-order valence-corrected chi connectivity index (χ2v) is 4.85. The maximum atomic E-state index is 12.3. The van der Waals surface area contributed by atoms with Crippen molar-refractivity contribution in [2.24, 2.45) is 0 Å². The summed E-state index contributed by atoms with van der Waals surface area (Å²) in [5.74, 6) is -0.927. The zero-order valence-electron chi connectivity index (χ0n) is 10.2. The summed E-state index contributed by atoms with van der Waals surface area (Å²) in [6, 6.07) is 8.10. The first-order valence-corrected chi connectivity index (χ1v) is 6.25. The van der Waals surface area contributed by atoms with E-state index in [0.29, 0.717) is 27.1 Å². The molecule has 100 valence electrons. The van der Waals surface area contributed by atoms with Gasteiger partial charge in [-0.2, -0.15) is 0 Å². The number of aromatic nitrogens is 2. The molecule has 0 aliphatic heterocycles. The fraction of sp³-hybridized carbons (Fsp3) is 0.0714. The smallest absolute Gasteiger partial charge is 0.307 e. The van der Waals surface area contributed by atoms with Gasteiger partial charge in [-0.15, -0.1) is 0 Å². The van der Waals surface area contributed by atoms with Gasteiger partial charge in [0, 0.05) is 11.2 Å². The molecule has 0 unspecified atom stereocenters. The molecule has 2 aromatic heterocycles. The van der Waals surface area contributed by atoms with Gasteiger partial charge in [0.1, 0.15) is 5.65 Å². The van der Waals surface area contributed by atoms with Gasteiger partial charge < -0.3 is 5.11 Å². The van der Waals surface area contributed by atoms with E-state index in [-0.39, 0.29) is 12.0 Å². The Hall–Kier alpha value is -2.40. The number of halogens is 1. The number of aliphatic carboxylic acids is 1. The van der Waals surface area contributed by atoms with Gasteiger partial charge >= 0.3 is 5.97 Å². The molecule has 0 aliphatic rings. The summed E-state index contributed by atoms with van der Waals surface area (Å²) in [4.78, 5) is 27.4. The molecule has 5 nitrogen and oxygen atoms in total. The first-order chi connectivity index (χ1) is 9.54. The summed E-state index contributed by atoms with van der Waals surface area (Å²) in [5.41, 5.74) is 1.32. The number of carboxylic acids is 1. The highest BCUT2D eigenvalue weighted by Gasteiger charge is 2.08. The van der Waals surface area contributed by atoms with Crippen molar-refractivity contribution in [3.05, 3.63) is 57.5 Å². The zero-order chi connectivity index (χ0) is 14.3. The number of fused-ring (bicyclic) bond motifs is 2. The summed E-state index contributed by atoms with van der Waals surface area (Å²) in [5, 5.41) is 9.69. The third kappa shape index (κ3) is 2.12. The van der Waals surface area contributed by atoms with Crippen molar-refractivity contribution in [3.8, 4) is 0 Å². The van der Waals surface area contributed by atoms with Gasteiger partial charge in [0.05, 0.1) is 17.3 Å². The minimum Gasteiger partial charge on any atom is -0.481 e. The molecule has 3 aromatic rings. The average Bonchev–Trinajstić information content (AvgIpc) is 2.39. The first-order valence-electron chi connectivity index (χ1n) is 5.87. The molecule has 0 atom stereocenters. The van der Waals surface area contributed by atoms with Gasteiger partial charge in [-0.05, 0) is 35.9 Å². The highest BCUT2D eigenvalue weighted by atomic mass is 35.5. The first kappa shape index (κ1) is 12.6. The number of hydrogen-bond acceptors (Lipinski definition) is 3. The normalized spacial score (nSPS) is 11.1. The standard InChI is InChI=1S/C14H9ClN2O3/c15-9-1-2-11-10(7-9)14(20)17-4-3-8(6-13(18)19)5-12(17)16-11/h1-5,7H,6H2,(H,18,19). The van der Waals surface area contributed by atoms with Gasteiger partial charge in [-0.1, -0.05) is 11.6 Å². The fourth-order valence-electron chi connectivity index (χ4n) is 2.10. The maximum Gasteiger partial charge on any atom is 0.307 e. The summed E-state index contributed by atoms with van der Waals surface area (Å²) < 4.78 is 1.38. The van der Waals surface area contributed by atoms with Gasteiger partial charge in [0.2, 0.25) is 0 Å². The van der Waals surface area contributed by atoms with Crippen LogP contribution in [0.3, 0.4) is 0 Å². The molecule has 0 fully saturated rings. The minimum atomic E-state index is -0.927. The SMILES string of the molecule is O=C(O)Cc1ccn2c(=O)c3cc(Cl)ccc3nc2c1. The molecule has 0 bridgehead atoms. The van der Waals surface area contributed by atoms with Crippen LogP contribution in [0.4, 0.5) is 0 Å². The molecule has 1 aromatic carbocycles. The van der Waals surface area contributed by atoms with Crippen molar-refractivity contribution in [2.75, 3.05) is 0 Å². The molecule has 0 saturated carbocycles. The van der Waals surface area contributed by atoms with Crippen LogP contribution in [0.25, 0.3) is 16.6 Å². The number of rotatable bonds is 2. The van der Waals surface area contributed by atoms with Crippen molar-refractivity contribution in [2.45, 2.75) is 6.42 Å². The second-order valence-electron chi connectivity index (χ2n) is 4.41. The maximum absolute atomic E-state index is 12.3. The van der Waals surface area contributed by atoms with Crippen LogP contribution >= 0.6 is 11.6 Å². The van der Waals surface area contributed by atoms with Crippen LogP contribution in [0.15, 0.2) is 41.3 Å². The van der Waals surface area contributed by atoms with Gasteiger partial charge in [-0.25, -0.2) is 4.98 Å². The van der Waals surface area contributed by atoms with E-state index in [2.05, 4.69) is 4.98 Å². The Balaban J connectivity index is 2.32. The molecule has 0 saturated heterocycles. The molecule has 2 heterocycles. The Morgan fingerprint density at radius 1 is 1.30 bits per heavy atom. The number of carbonyl (C=O) groups is 1. The molecule has 0 radical (unpaired) electrons. The van der Waals surface area contributed by atoms with Crippen molar-refractivity contribution >= 4 is 34.1 Å². The summed E-state index contributed by atoms with van der Waals surface area (Å²) in [7, 11) is 0. The average molecular weight is 289 g/mol. The van der Waals surface area contributed by atoms with Crippen LogP contribution in [0.5, 0.6) is 0 Å².